The van der Waals surface area contributed by atoms with Gasteiger partial charge in [-0.3, -0.25) is 14.4 Å². The van der Waals surface area contributed by atoms with Gasteiger partial charge in [-0.25, -0.2) is 0 Å². The first kappa shape index (κ1) is 38.2. The summed E-state index contributed by atoms with van der Waals surface area (Å²) in [5, 5.41) is 39.5. The fourth-order valence-electron chi connectivity index (χ4n) is 4.74. The van der Waals surface area contributed by atoms with Crippen LogP contribution in [0.3, 0.4) is 0 Å². The van der Waals surface area contributed by atoms with E-state index in [0.29, 0.717) is 6.42 Å². The zero-order chi connectivity index (χ0) is 31.3. The highest BCUT2D eigenvalue weighted by Crippen LogP contribution is 2.28. The van der Waals surface area contributed by atoms with E-state index in [1.807, 2.05) is 0 Å². The lowest BCUT2D eigenvalue weighted by molar-refractivity contribution is -0.311. The van der Waals surface area contributed by atoms with Crippen LogP contribution in [0.15, 0.2) is 0 Å². The molecule has 12 nitrogen and oxygen atoms in total. The Kier molecular flexibility index (Phi) is 20.6. The molecule has 7 atom stereocenters. The SMILES string of the molecule is CCCCCCCCCCCCCCCC(=O)O[C@H]1[C@H](O)[C@@H](COC(C)=O)O[C@@H](OC[C@@H](O)[C@@H](O)CO)[C@H]1OC(C)=O. The molecule has 1 aliphatic rings. The first-order valence-electron chi connectivity index (χ1n) is 15.5. The van der Waals surface area contributed by atoms with Crippen molar-refractivity contribution in [1.29, 1.82) is 0 Å². The van der Waals surface area contributed by atoms with E-state index in [-0.39, 0.29) is 6.42 Å². The van der Waals surface area contributed by atoms with Crippen LogP contribution >= 0.6 is 0 Å². The van der Waals surface area contributed by atoms with Crippen molar-refractivity contribution >= 4 is 17.9 Å². The standard InChI is InChI=1S/C30H54O12/c1-4-5-6-7-8-9-10-11-12-13-14-15-16-17-26(36)42-28-27(37)25(20-38-21(2)32)41-30(29(28)40-22(3)33)39-19-24(35)23(34)18-31/h23-25,27-31,34-35,37H,4-20H2,1-3H3/t23-,24+,25+,27+,28-,29-,30+/m0/s1. The van der Waals surface area contributed by atoms with E-state index in [4.69, 9.17) is 28.8 Å². The Morgan fingerprint density at radius 3 is 1.81 bits per heavy atom. The lowest BCUT2D eigenvalue weighted by Crippen LogP contribution is -2.62. The number of esters is 3. The topological polar surface area (TPSA) is 178 Å². The Morgan fingerprint density at radius 1 is 0.762 bits per heavy atom. The molecule has 1 heterocycles. The number of rotatable bonds is 23. The summed E-state index contributed by atoms with van der Waals surface area (Å²) in [4.78, 5) is 35.9. The molecule has 0 amide bonds. The van der Waals surface area contributed by atoms with Crippen molar-refractivity contribution in [2.45, 2.75) is 154 Å². The third-order valence-electron chi connectivity index (χ3n) is 7.19. The summed E-state index contributed by atoms with van der Waals surface area (Å²) in [5.41, 5.74) is 0. The van der Waals surface area contributed by atoms with Crippen LogP contribution in [0, 0.1) is 0 Å². The highest BCUT2D eigenvalue weighted by Gasteiger charge is 2.50. The molecule has 42 heavy (non-hydrogen) atoms. The number of aliphatic hydroxyl groups excluding tert-OH is 4. The van der Waals surface area contributed by atoms with Crippen molar-refractivity contribution in [1.82, 2.24) is 0 Å². The summed E-state index contributed by atoms with van der Waals surface area (Å²) >= 11 is 0. The molecule has 0 saturated carbocycles. The number of hydrogen-bond donors (Lipinski definition) is 4. The molecular weight excluding hydrogens is 552 g/mol. The molecule has 0 bridgehead atoms. The maximum atomic E-state index is 12.7. The predicted octanol–water partition coefficient (Wildman–Crippen LogP) is 2.69. The Balaban J connectivity index is 2.61. The molecule has 0 aromatic heterocycles. The molecular formula is C30H54O12. The van der Waals surface area contributed by atoms with Gasteiger partial charge in [0.2, 0.25) is 0 Å². The van der Waals surface area contributed by atoms with Crippen molar-refractivity contribution in [3.8, 4) is 0 Å². The number of hydrogen-bond acceptors (Lipinski definition) is 12. The molecule has 0 radical (unpaired) electrons. The maximum absolute atomic E-state index is 12.7. The molecule has 0 spiro atoms. The zero-order valence-electron chi connectivity index (χ0n) is 25.6. The second-order valence-electron chi connectivity index (χ2n) is 11.0. The van der Waals surface area contributed by atoms with Gasteiger partial charge in [0.05, 0.1) is 13.2 Å². The van der Waals surface area contributed by atoms with Gasteiger partial charge in [0, 0.05) is 20.3 Å². The molecule has 0 aromatic carbocycles. The van der Waals surface area contributed by atoms with Crippen LogP contribution in [0.5, 0.6) is 0 Å². The van der Waals surface area contributed by atoms with E-state index in [0.717, 1.165) is 26.2 Å². The Labute approximate surface area is 250 Å². The second-order valence-corrected chi connectivity index (χ2v) is 11.0. The first-order valence-corrected chi connectivity index (χ1v) is 15.5. The van der Waals surface area contributed by atoms with E-state index >= 15 is 0 Å². The van der Waals surface area contributed by atoms with Crippen molar-refractivity contribution in [2.75, 3.05) is 19.8 Å². The lowest BCUT2D eigenvalue weighted by atomic mass is 9.98. The second kappa shape index (κ2) is 22.7. The highest BCUT2D eigenvalue weighted by atomic mass is 16.7. The number of unbranched alkanes of at least 4 members (excludes halogenated alkanes) is 12. The molecule has 0 aliphatic carbocycles. The molecule has 1 saturated heterocycles. The average Bonchev–Trinajstić information content (AvgIpc) is 2.95. The van der Waals surface area contributed by atoms with E-state index in [9.17, 15) is 29.7 Å². The van der Waals surface area contributed by atoms with Gasteiger partial charge in [0.1, 0.15) is 31.0 Å². The lowest BCUT2D eigenvalue weighted by Gasteiger charge is -2.43. The van der Waals surface area contributed by atoms with Crippen molar-refractivity contribution < 1.29 is 58.5 Å². The Bertz CT molecular complexity index is 748. The van der Waals surface area contributed by atoms with E-state index in [1.54, 1.807) is 0 Å². The quantitative estimate of drug-likeness (QED) is 0.0760. The van der Waals surface area contributed by atoms with E-state index in [2.05, 4.69) is 6.92 Å². The van der Waals surface area contributed by atoms with Crippen LogP contribution in [0.4, 0.5) is 0 Å². The number of aliphatic hydroxyl groups is 4. The van der Waals surface area contributed by atoms with Crippen LogP contribution in [-0.4, -0.2) is 101 Å². The summed E-state index contributed by atoms with van der Waals surface area (Å²) in [6.45, 7) is 2.84. The molecule has 12 heteroatoms. The van der Waals surface area contributed by atoms with Crippen molar-refractivity contribution in [3.05, 3.63) is 0 Å². The number of carbonyl (C=O) groups excluding carboxylic acids is 3. The Morgan fingerprint density at radius 2 is 1.31 bits per heavy atom. The smallest absolute Gasteiger partial charge is 0.306 e. The summed E-state index contributed by atoms with van der Waals surface area (Å²) in [5.74, 6) is -2.01. The number of ether oxygens (including phenoxy) is 5. The van der Waals surface area contributed by atoms with Crippen LogP contribution in [0.1, 0.15) is 111 Å². The fourth-order valence-corrected chi connectivity index (χ4v) is 4.74. The fraction of sp³-hybridized carbons (Fsp3) is 0.900. The summed E-state index contributed by atoms with van der Waals surface area (Å²) in [7, 11) is 0. The third-order valence-corrected chi connectivity index (χ3v) is 7.19. The number of carbonyl (C=O) groups is 3. The molecule has 4 N–H and O–H groups in total. The molecule has 1 fully saturated rings. The molecule has 0 unspecified atom stereocenters. The van der Waals surface area contributed by atoms with Gasteiger partial charge in [0.25, 0.3) is 0 Å². The van der Waals surface area contributed by atoms with Crippen LogP contribution in [0.2, 0.25) is 0 Å². The molecule has 0 aromatic rings. The van der Waals surface area contributed by atoms with E-state index < -0.39 is 80.6 Å². The van der Waals surface area contributed by atoms with Gasteiger partial charge >= 0.3 is 17.9 Å². The van der Waals surface area contributed by atoms with E-state index in [1.165, 1.54) is 64.7 Å². The van der Waals surface area contributed by atoms with Crippen molar-refractivity contribution in [3.63, 3.8) is 0 Å². The molecule has 1 aliphatic heterocycles. The first-order chi connectivity index (χ1) is 20.1. The summed E-state index contributed by atoms with van der Waals surface area (Å²) in [6, 6.07) is 0. The highest BCUT2D eigenvalue weighted by molar-refractivity contribution is 5.70. The monoisotopic (exact) mass is 606 g/mol. The van der Waals surface area contributed by atoms with Gasteiger partial charge in [-0.2, -0.15) is 0 Å². The zero-order valence-corrected chi connectivity index (χ0v) is 25.6. The molecule has 1 rings (SSSR count). The average molecular weight is 607 g/mol. The summed E-state index contributed by atoms with van der Waals surface area (Å²) < 4.78 is 26.9. The Hall–Kier alpha value is -1.83. The minimum absolute atomic E-state index is 0.0934. The normalized spacial score (nSPS) is 23.6. The summed E-state index contributed by atoms with van der Waals surface area (Å²) in [6.07, 6.45) is 5.13. The minimum atomic E-state index is -1.53. The predicted molar refractivity (Wildman–Crippen MR) is 152 cm³/mol. The van der Waals surface area contributed by atoms with Crippen LogP contribution in [0.25, 0.3) is 0 Å². The largest absolute Gasteiger partial charge is 0.463 e. The van der Waals surface area contributed by atoms with Gasteiger partial charge in [-0.15, -0.1) is 0 Å². The van der Waals surface area contributed by atoms with Crippen molar-refractivity contribution in [2.24, 2.45) is 0 Å². The molecule has 246 valence electrons. The van der Waals surface area contributed by atoms with Gasteiger partial charge in [-0.05, 0) is 6.42 Å². The van der Waals surface area contributed by atoms with Crippen LogP contribution in [-0.2, 0) is 38.1 Å². The van der Waals surface area contributed by atoms with Gasteiger partial charge < -0.3 is 44.1 Å². The third kappa shape index (κ3) is 16.1. The van der Waals surface area contributed by atoms with Gasteiger partial charge in [0.15, 0.2) is 18.5 Å². The minimum Gasteiger partial charge on any atom is -0.463 e. The maximum Gasteiger partial charge on any atom is 0.306 e. The van der Waals surface area contributed by atoms with Gasteiger partial charge in [-0.1, -0.05) is 84.0 Å². The van der Waals surface area contributed by atoms with Crippen LogP contribution < -0.4 is 0 Å².